The van der Waals surface area contributed by atoms with Gasteiger partial charge in [-0.2, -0.15) is 0 Å². The van der Waals surface area contributed by atoms with Gasteiger partial charge in [-0.05, 0) is 86.0 Å². The van der Waals surface area contributed by atoms with E-state index in [1.165, 1.54) is 29.2 Å². The Balaban J connectivity index is 1.74. The van der Waals surface area contributed by atoms with Crippen molar-refractivity contribution in [3.63, 3.8) is 0 Å². The minimum Gasteiger partial charge on any atom is -0.0842 e. The van der Waals surface area contributed by atoms with Gasteiger partial charge < -0.3 is 0 Å². The Morgan fingerprint density at radius 3 is 2.33 bits per heavy atom. The molecule has 0 aromatic heterocycles. The van der Waals surface area contributed by atoms with E-state index in [9.17, 15) is 0 Å². The molecule has 2 aromatic rings. The van der Waals surface area contributed by atoms with Crippen molar-refractivity contribution in [2.45, 2.75) is 74.7 Å². The van der Waals surface area contributed by atoms with Gasteiger partial charge in [0.05, 0.1) is 0 Å². The number of rotatable bonds is 0. The Hall–Kier alpha value is -2.08. The van der Waals surface area contributed by atoms with Crippen molar-refractivity contribution in [1.29, 1.82) is 0 Å². The molecule has 1 fully saturated rings. The number of fused-ring (bicyclic) bond motifs is 8. The topological polar surface area (TPSA) is 0 Å². The second-order valence-corrected chi connectivity index (χ2v) is 13.1. The Morgan fingerprint density at radius 1 is 0.848 bits per heavy atom. The fourth-order valence-corrected chi connectivity index (χ4v) is 8.69. The van der Waals surface area contributed by atoms with Gasteiger partial charge >= 0.3 is 0 Å². The van der Waals surface area contributed by atoms with Gasteiger partial charge in [-0.25, -0.2) is 0 Å². The van der Waals surface area contributed by atoms with Gasteiger partial charge in [0.25, 0.3) is 0 Å². The summed E-state index contributed by atoms with van der Waals surface area (Å²) in [6.07, 6.45) is 8.54. The molecule has 3 atom stereocenters. The zero-order valence-corrected chi connectivity index (χ0v) is 21.9. The predicted octanol–water partition coefficient (Wildman–Crippen LogP) is 9.16. The third-order valence-electron chi connectivity index (χ3n) is 12.1. The van der Waals surface area contributed by atoms with Gasteiger partial charge in [0.2, 0.25) is 0 Å². The fraction of sp³-hybridized carbons (Fsp3) is 0.515. The van der Waals surface area contributed by atoms with Crippen molar-refractivity contribution in [1.82, 2.24) is 0 Å². The zero-order chi connectivity index (χ0) is 23.6. The van der Waals surface area contributed by atoms with E-state index in [0.29, 0.717) is 11.8 Å². The molecule has 3 unspecified atom stereocenters. The average molecular weight is 437 g/mol. The first-order chi connectivity index (χ1) is 15.5. The summed E-state index contributed by atoms with van der Waals surface area (Å²) in [5.41, 5.74) is 10.6. The van der Waals surface area contributed by atoms with Crippen molar-refractivity contribution in [2.24, 2.45) is 33.5 Å². The molecule has 0 spiro atoms. The molecule has 0 heteroatoms. The summed E-state index contributed by atoms with van der Waals surface area (Å²) in [7, 11) is 0. The molecule has 0 N–H and O–H groups in total. The van der Waals surface area contributed by atoms with Crippen LogP contribution in [-0.2, 0) is 6.42 Å². The van der Waals surface area contributed by atoms with Crippen molar-refractivity contribution in [3.8, 4) is 0 Å². The lowest BCUT2D eigenvalue weighted by atomic mass is 9.33. The molecule has 0 aliphatic heterocycles. The molecule has 172 valence electrons. The molecule has 2 aromatic carbocycles. The van der Waals surface area contributed by atoms with Crippen LogP contribution in [0.5, 0.6) is 0 Å². The Labute approximate surface area is 200 Å². The fourth-order valence-electron chi connectivity index (χ4n) is 8.69. The highest BCUT2D eigenvalue weighted by Gasteiger charge is 2.68. The summed E-state index contributed by atoms with van der Waals surface area (Å²) in [5.74, 6) is 1.16. The zero-order valence-electron chi connectivity index (χ0n) is 21.9. The monoisotopic (exact) mass is 436 g/mol. The molecule has 0 saturated heterocycles. The summed E-state index contributed by atoms with van der Waals surface area (Å²) in [4.78, 5) is 0. The van der Waals surface area contributed by atoms with Crippen LogP contribution in [0.15, 0.2) is 65.3 Å². The summed E-state index contributed by atoms with van der Waals surface area (Å²) in [6.45, 7) is 20.6. The van der Waals surface area contributed by atoms with Crippen LogP contribution < -0.4 is 0 Å². The van der Waals surface area contributed by atoms with Gasteiger partial charge in [0.1, 0.15) is 0 Å². The lowest BCUT2D eigenvalue weighted by Gasteiger charge is -2.71. The van der Waals surface area contributed by atoms with Crippen molar-refractivity contribution < 1.29 is 0 Å². The SMILES string of the molecule is CC1C2=C3Cc4c(ccc5ccccc45)C3=C3C=CCCC3C2(C)C(C)(C)C(C)(C)C1(C)C. The third kappa shape index (κ3) is 2.25. The van der Waals surface area contributed by atoms with E-state index in [1.54, 1.807) is 27.9 Å². The van der Waals surface area contributed by atoms with Crippen LogP contribution in [0, 0.1) is 33.5 Å². The van der Waals surface area contributed by atoms with E-state index in [0.717, 1.165) is 6.42 Å². The average Bonchev–Trinajstić information content (AvgIpc) is 3.17. The Kier molecular flexibility index (Phi) is 4.11. The molecule has 6 rings (SSSR count). The molecular formula is C33H40. The first-order valence-electron chi connectivity index (χ1n) is 13.1. The maximum Gasteiger partial charge on any atom is 0.00180 e. The van der Waals surface area contributed by atoms with E-state index < -0.39 is 0 Å². The minimum atomic E-state index is 0.169. The molecule has 0 bridgehead atoms. The minimum absolute atomic E-state index is 0.169. The van der Waals surface area contributed by atoms with Gasteiger partial charge in [0, 0.05) is 5.41 Å². The third-order valence-corrected chi connectivity index (χ3v) is 12.1. The Morgan fingerprint density at radius 2 is 1.58 bits per heavy atom. The van der Waals surface area contributed by atoms with Crippen molar-refractivity contribution in [2.75, 3.05) is 0 Å². The molecule has 0 amide bonds. The normalized spacial score (nSPS) is 33.0. The first-order valence-corrected chi connectivity index (χ1v) is 13.1. The van der Waals surface area contributed by atoms with Gasteiger partial charge in [-0.3, -0.25) is 0 Å². The van der Waals surface area contributed by atoms with Crippen LogP contribution in [0.4, 0.5) is 0 Å². The molecule has 0 nitrogen and oxygen atoms in total. The molecule has 1 saturated carbocycles. The highest BCUT2D eigenvalue weighted by atomic mass is 14.7. The van der Waals surface area contributed by atoms with Gasteiger partial charge in [0.15, 0.2) is 0 Å². The predicted molar refractivity (Wildman–Crippen MR) is 142 cm³/mol. The second-order valence-electron chi connectivity index (χ2n) is 13.1. The summed E-state index contributed by atoms with van der Waals surface area (Å²) >= 11 is 0. The number of allylic oxidation sites excluding steroid dienone is 6. The van der Waals surface area contributed by atoms with Crippen molar-refractivity contribution in [3.05, 3.63) is 76.4 Å². The molecule has 4 aliphatic rings. The summed E-state index contributed by atoms with van der Waals surface area (Å²) in [6, 6.07) is 13.8. The van der Waals surface area contributed by atoms with E-state index in [2.05, 4.69) is 104 Å². The highest BCUT2D eigenvalue weighted by molar-refractivity contribution is 6.00. The summed E-state index contributed by atoms with van der Waals surface area (Å²) < 4.78 is 0. The smallest absolute Gasteiger partial charge is 0.00180 e. The standard InChI is InChI=1S/C33H40/c1-20-29-26-19-25-22-14-10-9-13-21(22)17-18-23(25)28(26)24-15-11-12-16-27(24)33(29,8)32(6,7)31(4,5)30(20,2)3/h9-11,13-15,17-18,20,27H,12,16,19H2,1-8H3. The van der Waals surface area contributed by atoms with Crippen LogP contribution in [0.3, 0.4) is 0 Å². The molecule has 0 heterocycles. The second kappa shape index (κ2) is 6.32. The molecule has 0 radical (unpaired) electrons. The van der Waals surface area contributed by atoms with Crippen LogP contribution in [0.25, 0.3) is 16.3 Å². The van der Waals surface area contributed by atoms with E-state index in [-0.39, 0.29) is 21.7 Å². The number of hydrogen-bond donors (Lipinski definition) is 0. The molecule has 4 aliphatic carbocycles. The van der Waals surface area contributed by atoms with Crippen LogP contribution in [0.2, 0.25) is 0 Å². The molecule has 33 heavy (non-hydrogen) atoms. The first kappa shape index (κ1) is 21.5. The largest absolute Gasteiger partial charge is 0.0842 e. The number of hydrogen-bond acceptors (Lipinski definition) is 0. The van der Waals surface area contributed by atoms with E-state index >= 15 is 0 Å². The summed E-state index contributed by atoms with van der Waals surface area (Å²) in [5, 5.41) is 2.83. The van der Waals surface area contributed by atoms with Crippen LogP contribution >= 0.6 is 0 Å². The van der Waals surface area contributed by atoms with Crippen molar-refractivity contribution >= 4 is 16.3 Å². The van der Waals surface area contributed by atoms with Gasteiger partial charge in [-0.15, -0.1) is 0 Å². The van der Waals surface area contributed by atoms with Gasteiger partial charge in [-0.1, -0.05) is 110 Å². The Bertz CT molecular complexity index is 1290. The number of benzene rings is 2. The maximum absolute atomic E-state index is 2.66. The quantitative estimate of drug-likeness (QED) is 0.386. The lowest BCUT2D eigenvalue weighted by molar-refractivity contribution is -0.159. The van der Waals surface area contributed by atoms with Crippen LogP contribution in [0.1, 0.15) is 79.4 Å². The highest BCUT2D eigenvalue weighted by Crippen LogP contribution is 2.76. The maximum atomic E-state index is 2.66. The van der Waals surface area contributed by atoms with E-state index in [1.807, 2.05) is 0 Å². The van der Waals surface area contributed by atoms with Crippen LogP contribution in [-0.4, -0.2) is 0 Å². The van der Waals surface area contributed by atoms with E-state index in [4.69, 9.17) is 0 Å². The lowest BCUT2D eigenvalue weighted by Crippen LogP contribution is -2.64. The molecular weight excluding hydrogens is 396 g/mol.